The van der Waals surface area contributed by atoms with Gasteiger partial charge in [0, 0.05) is 0 Å². The number of hydrogen-bond acceptors (Lipinski definition) is 2. The number of benzene rings is 1. The van der Waals surface area contributed by atoms with Crippen molar-refractivity contribution in [2.75, 3.05) is 7.11 Å². The normalized spacial score (nSPS) is 10.1. The van der Waals surface area contributed by atoms with E-state index < -0.39 is 0 Å². The van der Waals surface area contributed by atoms with Gasteiger partial charge < -0.3 is 4.74 Å². The fourth-order valence-corrected chi connectivity index (χ4v) is 2.01. The second-order valence-electron chi connectivity index (χ2n) is 4.20. The van der Waals surface area contributed by atoms with Crippen LogP contribution in [0.15, 0.2) is 30.7 Å². The van der Waals surface area contributed by atoms with Gasteiger partial charge in [-0.3, -0.25) is 0 Å². The van der Waals surface area contributed by atoms with E-state index in [4.69, 9.17) is 10.00 Å². The maximum Gasteiger partial charge on any atom is 0.242 e. The molecule has 0 saturated carbocycles. The summed E-state index contributed by atoms with van der Waals surface area (Å²) in [5.74, 6) is 0.898. The summed E-state index contributed by atoms with van der Waals surface area (Å²) in [6.45, 7) is 2.78. The van der Waals surface area contributed by atoms with E-state index in [1.165, 1.54) is 5.56 Å². The predicted molar refractivity (Wildman–Crippen MR) is 67.1 cm³/mol. The van der Waals surface area contributed by atoms with E-state index >= 15 is 0 Å². The number of hydrogen-bond donors (Lipinski definition) is 1. The summed E-state index contributed by atoms with van der Waals surface area (Å²) >= 11 is 0. The molecule has 0 spiro atoms. The van der Waals surface area contributed by atoms with Crippen molar-refractivity contribution in [1.29, 1.82) is 5.26 Å². The van der Waals surface area contributed by atoms with Gasteiger partial charge in [-0.25, -0.2) is 9.55 Å². The van der Waals surface area contributed by atoms with Gasteiger partial charge in [-0.2, -0.15) is 5.26 Å². The lowest BCUT2D eigenvalue weighted by Crippen LogP contribution is -2.36. The van der Waals surface area contributed by atoms with E-state index in [9.17, 15) is 0 Å². The van der Waals surface area contributed by atoms with Gasteiger partial charge in [0.1, 0.15) is 24.9 Å². The van der Waals surface area contributed by atoms with Gasteiger partial charge >= 0.3 is 0 Å². The Hall–Kier alpha value is -2.28. The number of H-pyrrole nitrogens is 1. The summed E-state index contributed by atoms with van der Waals surface area (Å²) in [5, 5.41) is 8.75. The number of rotatable bonds is 4. The number of nitrogens with zero attached hydrogens (tertiary/aromatic N) is 2. The Kier molecular flexibility index (Phi) is 3.63. The zero-order valence-corrected chi connectivity index (χ0v) is 10.6. The Bertz CT molecular complexity index is 581. The minimum Gasteiger partial charge on any atom is -0.496 e. The molecule has 92 valence electrons. The first-order valence-electron chi connectivity index (χ1n) is 5.80. The van der Waals surface area contributed by atoms with Crippen molar-refractivity contribution in [1.82, 2.24) is 4.98 Å². The maximum atomic E-state index is 8.75. The largest absolute Gasteiger partial charge is 0.496 e. The van der Waals surface area contributed by atoms with Crippen molar-refractivity contribution in [3.05, 3.63) is 47.5 Å². The Balaban J connectivity index is 2.21. The molecule has 2 aromatic rings. The van der Waals surface area contributed by atoms with Crippen LogP contribution in [-0.2, 0) is 13.0 Å². The topological polar surface area (TPSA) is 52.7 Å². The fraction of sp³-hybridized carbons (Fsp3) is 0.286. The summed E-state index contributed by atoms with van der Waals surface area (Å²) < 4.78 is 7.29. The van der Waals surface area contributed by atoms with Crippen LogP contribution in [0.4, 0.5) is 0 Å². The molecule has 0 aliphatic carbocycles. The van der Waals surface area contributed by atoms with Crippen LogP contribution in [0.25, 0.3) is 0 Å². The Morgan fingerprint density at radius 1 is 1.44 bits per heavy atom. The maximum absolute atomic E-state index is 8.75. The van der Waals surface area contributed by atoms with E-state index in [1.807, 2.05) is 36.1 Å². The third kappa shape index (κ3) is 2.51. The summed E-state index contributed by atoms with van der Waals surface area (Å²) in [7, 11) is 1.67. The Labute approximate surface area is 106 Å². The SMILES string of the molecule is COc1ccc(C[n+]2c[nH]cc2CC#N)cc1C. The molecule has 4 nitrogen and oxygen atoms in total. The van der Waals surface area contributed by atoms with Crippen LogP contribution in [0.5, 0.6) is 5.75 Å². The molecule has 2 rings (SSSR count). The van der Waals surface area contributed by atoms with Crippen LogP contribution in [-0.4, -0.2) is 12.1 Å². The molecule has 0 aliphatic rings. The van der Waals surface area contributed by atoms with E-state index in [-0.39, 0.29) is 0 Å². The monoisotopic (exact) mass is 242 g/mol. The molecule has 1 heterocycles. The van der Waals surface area contributed by atoms with Crippen LogP contribution in [0.2, 0.25) is 0 Å². The van der Waals surface area contributed by atoms with E-state index in [0.29, 0.717) is 6.42 Å². The zero-order chi connectivity index (χ0) is 13.0. The van der Waals surface area contributed by atoms with E-state index in [2.05, 4.69) is 17.1 Å². The molecule has 0 amide bonds. The molecular weight excluding hydrogens is 226 g/mol. The zero-order valence-electron chi connectivity index (χ0n) is 10.6. The molecular formula is C14H16N3O+. The molecule has 1 N–H and O–H groups in total. The van der Waals surface area contributed by atoms with Gasteiger partial charge in [-0.15, -0.1) is 0 Å². The first kappa shape index (κ1) is 12.2. The molecule has 18 heavy (non-hydrogen) atoms. The highest BCUT2D eigenvalue weighted by Gasteiger charge is 2.10. The number of aromatic amines is 1. The quantitative estimate of drug-likeness (QED) is 0.830. The van der Waals surface area contributed by atoms with Crippen molar-refractivity contribution in [3.8, 4) is 11.8 Å². The van der Waals surface area contributed by atoms with Crippen LogP contribution in [0.1, 0.15) is 16.8 Å². The van der Waals surface area contributed by atoms with Gasteiger partial charge in [-0.05, 0) is 30.2 Å². The number of aryl methyl sites for hydroxylation is 1. The molecule has 1 aromatic carbocycles. The highest BCUT2D eigenvalue weighted by atomic mass is 16.5. The summed E-state index contributed by atoms with van der Waals surface area (Å²) in [4.78, 5) is 3.03. The van der Waals surface area contributed by atoms with Gasteiger partial charge in [0.15, 0.2) is 5.69 Å². The first-order valence-corrected chi connectivity index (χ1v) is 5.80. The van der Waals surface area contributed by atoms with Crippen LogP contribution in [0.3, 0.4) is 0 Å². The van der Waals surface area contributed by atoms with Gasteiger partial charge in [0.05, 0.1) is 13.2 Å². The van der Waals surface area contributed by atoms with Gasteiger partial charge in [-0.1, -0.05) is 6.07 Å². The third-order valence-electron chi connectivity index (χ3n) is 2.92. The number of nitriles is 1. The third-order valence-corrected chi connectivity index (χ3v) is 2.92. The average molecular weight is 242 g/mol. The highest BCUT2D eigenvalue weighted by molar-refractivity contribution is 5.35. The number of nitrogens with one attached hydrogen (secondary N) is 1. The average Bonchev–Trinajstić information content (AvgIpc) is 2.78. The summed E-state index contributed by atoms with van der Waals surface area (Å²) in [5.41, 5.74) is 3.30. The smallest absolute Gasteiger partial charge is 0.242 e. The first-order chi connectivity index (χ1) is 8.74. The van der Waals surface area contributed by atoms with E-state index in [0.717, 1.165) is 23.6 Å². The minimum absolute atomic E-state index is 0.415. The number of methoxy groups -OCH3 is 1. The van der Waals surface area contributed by atoms with Crippen molar-refractivity contribution in [3.63, 3.8) is 0 Å². The fourth-order valence-electron chi connectivity index (χ4n) is 2.01. The Morgan fingerprint density at radius 3 is 2.94 bits per heavy atom. The number of aromatic nitrogens is 2. The van der Waals surface area contributed by atoms with Crippen LogP contribution in [0, 0.1) is 18.3 Å². The van der Waals surface area contributed by atoms with E-state index in [1.54, 1.807) is 7.11 Å². The molecule has 0 aliphatic heterocycles. The summed E-state index contributed by atoms with van der Waals surface area (Å²) in [6, 6.07) is 8.29. The number of imidazole rings is 1. The lowest BCUT2D eigenvalue weighted by Gasteiger charge is -2.06. The molecule has 1 aromatic heterocycles. The summed E-state index contributed by atoms with van der Waals surface area (Å²) in [6.07, 6.45) is 4.16. The molecule has 0 radical (unpaired) electrons. The lowest BCUT2D eigenvalue weighted by molar-refractivity contribution is -0.693. The predicted octanol–water partition coefficient (Wildman–Crippen LogP) is 1.73. The highest BCUT2D eigenvalue weighted by Crippen LogP contribution is 2.18. The second-order valence-corrected chi connectivity index (χ2v) is 4.20. The lowest BCUT2D eigenvalue weighted by atomic mass is 10.1. The molecule has 0 unspecified atom stereocenters. The van der Waals surface area contributed by atoms with Crippen molar-refractivity contribution < 1.29 is 9.30 Å². The van der Waals surface area contributed by atoms with Crippen molar-refractivity contribution in [2.24, 2.45) is 0 Å². The van der Waals surface area contributed by atoms with Crippen LogP contribution < -0.4 is 9.30 Å². The molecule has 0 saturated heterocycles. The van der Waals surface area contributed by atoms with Crippen molar-refractivity contribution >= 4 is 0 Å². The number of ether oxygens (including phenoxy) is 1. The molecule has 0 atom stereocenters. The minimum atomic E-state index is 0.415. The van der Waals surface area contributed by atoms with Gasteiger partial charge in [0.2, 0.25) is 6.33 Å². The van der Waals surface area contributed by atoms with Gasteiger partial charge in [0.25, 0.3) is 0 Å². The van der Waals surface area contributed by atoms with Crippen molar-refractivity contribution in [2.45, 2.75) is 19.9 Å². The second kappa shape index (κ2) is 5.37. The molecule has 0 fully saturated rings. The molecule has 0 bridgehead atoms. The van der Waals surface area contributed by atoms with Crippen LogP contribution >= 0.6 is 0 Å². The standard InChI is InChI=1S/C14H15N3O/c1-11-7-12(3-4-14(11)18-2)9-17-10-16-8-13(17)5-6-15/h3-4,7-8,10H,5,9H2,1-2H3/p+1. The Morgan fingerprint density at radius 2 is 2.28 bits per heavy atom. The molecule has 4 heteroatoms.